The highest BCUT2D eigenvalue weighted by molar-refractivity contribution is 8.18. The molecule has 0 spiro atoms. The number of carbonyl (C=O) groups excluding carboxylic acids is 1. The molecule has 0 radical (unpaired) electrons. The Labute approximate surface area is 154 Å². The number of hydrogen-bond donors (Lipinski definition) is 1. The Hall–Kier alpha value is -2.67. The van der Waals surface area contributed by atoms with Gasteiger partial charge >= 0.3 is 6.61 Å². The lowest BCUT2D eigenvalue weighted by molar-refractivity contribution is -0.115. The van der Waals surface area contributed by atoms with Gasteiger partial charge in [0, 0.05) is 5.56 Å². The van der Waals surface area contributed by atoms with Crippen molar-refractivity contribution in [1.29, 1.82) is 0 Å². The molecule has 4 nitrogen and oxygen atoms in total. The number of nitrogens with zero attached hydrogens (tertiary/aromatic N) is 1. The SMILES string of the molecule is Cc1ccc(N=C2NC(=O)C(=Cc3ccccc3OC(F)F)S2)c(C)c1. The molecule has 0 atom stereocenters. The van der Waals surface area contributed by atoms with Crippen molar-refractivity contribution in [3.8, 4) is 5.75 Å². The minimum atomic E-state index is -2.93. The number of ether oxygens (including phenoxy) is 1. The number of nitrogens with one attached hydrogen (secondary N) is 1. The van der Waals surface area contributed by atoms with Gasteiger partial charge in [-0.2, -0.15) is 8.78 Å². The summed E-state index contributed by atoms with van der Waals surface area (Å²) in [5, 5.41) is 3.14. The summed E-state index contributed by atoms with van der Waals surface area (Å²) < 4.78 is 29.5. The number of aliphatic imine (C=N–C) groups is 1. The highest BCUT2D eigenvalue weighted by Gasteiger charge is 2.24. The lowest BCUT2D eigenvalue weighted by atomic mass is 10.1. The molecule has 3 rings (SSSR count). The summed E-state index contributed by atoms with van der Waals surface area (Å²) in [6.45, 7) is 1.01. The number of halogens is 2. The summed E-state index contributed by atoms with van der Waals surface area (Å²) in [5.41, 5.74) is 3.30. The van der Waals surface area contributed by atoms with E-state index in [-0.39, 0.29) is 11.7 Å². The average molecular weight is 374 g/mol. The van der Waals surface area contributed by atoms with Gasteiger partial charge in [0.15, 0.2) is 5.17 Å². The van der Waals surface area contributed by atoms with Crippen LogP contribution in [0.1, 0.15) is 16.7 Å². The van der Waals surface area contributed by atoms with Gasteiger partial charge in [0.1, 0.15) is 5.75 Å². The molecule has 0 bridgehead atoms. The predicted octanol–water partition coefficient (Wildman–Crippen LogP) is 4.80. The van der Waals surface area contributed by atoms with Crippen LogP contribution in [0.3, 0.4) is 0 Å². The van der Waals surface area contributed by atoms with Crippen molar-refractivity contribution in [2.24, 2.45) is 4.99 Å². The third kappa shape index (κ3) is 4.29. The van der Waals surface area contributed by atoms with E-state index in [0.717, 1.165) is 28.6 Å². The van der Waals surface area contributed by atoms with E-state index < -0.39 is 6.61 Å². The molecule has 1 saturated heterocycles. The van der Waals surface area contributed by atoms with Crippen molar-refractivity contribution in [2.45, 2.75) is 20.5 Å². The first-order chi connectivity index (χ1) is 12.4. The maximum Gasteiger partial charge on any atom is 0.387 e. The van der Waals surface area contributed by atoms with Crippen LogP contribution in [-0.4, -0.2) is 17.7 Å². The Bertz CT molecular complexity index is 910. The van der Waals surface area contributed by atoms with Crippen LogP contribution < -0.4 is 10.1 Å². The van der Waals surface area contributed by atoms with Crippen LogP contribution in [0.5, 0.6) is 5.75 Å². The van der Waals surface area contributed by atoms with E-state index in [4.69, 9.17) is 0 Å². The summed E-state index contributed by atoms with van der Waals surface area (Å²) in [7, 11) is 0. The third-order valence-corrected chi connectivity index (χ3v) is 4.56. The molecule has 1 N–H and O–H groups in total. The zero-order valence-corrected chi connectivity index (χ0v) is 14.9. The molecule has 1 aliphatic rings. The maximum absolute atomic E-state index is 12.5. The van der Waals surface area contributed by atoms with E-state index in [2.05, 4.69) is 15.0 Å². The van der Waals surface area contributed by atoms with Crippen LogP contribution in [0.15, 0.2) is 52.4 Å². The second-order valence-electron chi connectivity index (χ2n) is 5.69. The molecule has 1 amide bonds. The van der Waals surface area contributed by atoms with Gasteiger partial charge in [0.05, 0.1) is 10.6 Å². The van der Waals surface area contributed by atoms with Crippen LogP contribution >= 0.6 is 11.8 Å². The molecule has 2 aromatic rings. The van der Waals surface area contributed by atoms with Crippen molar-refractivity contribution in [3.05, 3.63) is 64.1 Å². The summed E-state index contributed by atoms with van der Waals surface area (Å²) in [6.07, 6.45) is 1.52. The van der Waals surface area contributed by atoms with Gasteiger partial charge in [-0.25, -0.2) is 4.99 Å². The Morgan fingerprint density at radius 2 is 1.96 bits per heavy atom. The Morgan fingerprint density at radius 3 is 2.69 bits per heavy atom. The predicted molar refractivity (Wildman–Crippen MR) is 99.8 cm³/mol. The number of hydrogen-bond acceptors (Lipinski definition) is 4. The molecule has 0 unspecified atom stereocenters. The molecule has 0 aliphatic carbocycles. The van der Waals surface area contributed by atoms with E-state index in [1.165, 1.54) is 12.1 Å². The van der Waals surface area contributed by atoms with Crippen LogP contribution in [-0.2, 0) is 4.79 Å². The zero-order chi connectivity index (χ0) is 18.7. The lowest BCUT2D eigenvalue weighted by Gasteiger charge is -2.07. The number of thioether (sulfide) groups is 1. The minimum Gasteiger partial charge on any atom is -0.434 e. The Morgan fingerprint density at radius 1 is 1.19 bits per heavy atom. The molecule has 0 aromatic heterocycles. The molecule has 26 heavy (non-hydrogen) atoms. The molecule has 134 valence electrons. The molecule has 2 aromatic carbocycles. The molecule has 0 saturated carbocycles. The first-order valence-corrected chi connectivity index (χ1v) is 8.65. The smallest absolute Gasteiger partial charge is 0.387 e. The standard InChI is InChI=1S/C19H16F2N2O2S/c1-11-7-8-14(12(2)9-11)22-19-23-17(24)16(26-19)10-13-5-3-4-6-15(13)25-18(20)21/h3-10,18H,1-2H3,(H,22,23,24). The quantitative estimate of drug-likeness (QED) is 0.783. The van der Waals surface area contributed by atoms with E-state index >= 15 is 0 Å². The van der Waals surface area contributed by atoms with Gasteiger partial charge in [0.2, 0.25) is 0 Å². The lowest BCUT2D eigenvalue weighted by Crippen LogP contribution is -2.19. The van der Waals surface area contributed by atoms with Gasteiger partial charge in [-0.05, 0) is 49.4 Å². The molecule has 1 fully saturated rings. The number of alkyl halides is 2. The molecular formula is C19H16F2N2O2S. The van der Waals surface area contributed by atoms with Crippen molar-refractivity contribution in [2.75, 3.05) is 0 Å². The van der Waals surface area contributed by atoms with Crippen molar-refractivity contribution in [3.63, 3.8) is 0 Å². The van der Waals surface area contributed by atoms with Gasteiger partial charge in [-0.3, -0.25) is 4.79 Å². The molecule has 1 heterocycles. The topological polar surface area (TPSA) is 50.7 Å². The number of aryl methyl sites for hydroxylation is 2. The largest absolute Gasteiger partial charge is 0.434 e. The van der Waals surface area contributed by atoms with Gasteiger partial charge < -0.3 is 10.1 Å². The highest BCUT2D eigenvalue weighted by atomic mass is 32.2. The van der Waals surface area contributed by atoms with E-state index in [1.54, 1.807) is 18.2 Å². The number of para-hydroxylation sites is 1. The zero-order valence-electron chi connectivity index (χ0n) is 14.1. The van der Waals surface area contributed by atoms with Crippen molar-refractivity contribution in [1.82, 2.24) is 5.32 Å². The van der Waals surface area contributed by atoms with Gasteiger partial charge in [-0.1, -0.05) is 35.9 Å². The van der Waals surface area contributed by atoms with E-state index in [1.807, 2.05) is 32.0 Å². The summed E-state index contributed by atoms with van der Waals surface area (Å²) in [5.74, 6) is -0.312. The summed E-state index contributed by atoms with van der Waals surface area (Å²) in [6, 6.07) is 12.2. The number of carbonyl (C=O) groups is 1. The maximum atomic E-state index is 12.5. The first kappa shape index (κ1) is 18.1. The van der Waals surface area contributed by atoms with Crippen molar-refractivity contribution >= 4 is 34.6 Å². The second kappa shape index (κ2) is 7.70. The normalized spacial score (nSPS) is 17.2. The van der Waals surface area contributed by atoms with E-state index in [0.29, 0.717) is 15.6 Å². The number of rotatable bonds is 4. The summed E-state index contributed by atoms with van der Waals surface area (Å²) >= 11 is 1.16. The Kier molecular flexibility index (Phi) is 5.37. The van der Waals surface area contributed by atoms with Crippen LogP contribution in [0.2, 0.25) is 0 Å². The fourth-order valence-electron chi connectivity index (χ4n) is 2.47. The fraction of sp³-hybridized carbons (Fsp3) is 0.158. The second-order valence-corrected chi connectivity index (χ2v) is 6.72. The number of benzene rings is 2. The molecular weight excluding hydrogens is 358 g/mol. The van der Waals surface area contributed by atoms with Crippen LogP contribution in [0.4, 0.5) is 14.5 Å². The van der Waals surface area contributed by atoms with Crippen molar-refractivity contribution < 1.29 is 18.3 Å². The summed E-state index contributed by atoms with van der Waals surface area (Å²) in [4.78, 5) is 17.0. The fourth-order valence-corrected chi connectivity index (χ4v) is 3.29. The Balaban J connectivity index is 1.86. The minimum absolute atomic E-state index is 0.0168. The number of amides is 1. The molecule has 7 heteroatoms. The molecule has 1 aliphatic heterocycles. The number of amidine groups is 1. The third-order valence-electron chi connectivity index (χ3n) is 3.65. The average Bonchev–Trinajstić information content (AvgIpc) is 2.91. The van der Waals surface area contributed by atoms with Crippen LogP contribution in [0, 0.1) is 13.8 Å². The van der Waals surface area contributed by atoms with Gasteiger partial charge in [-0.15, -0.1) is 0 Å². The van der Waals surface area contributed by atoms with Gasteiger partial charge in [0.25, 0.3) is 5.91 Å². The monoisotopic (exact) mass is 374 g/mol. The highest BCUT2D eigenvalue weighted by Crippen LogP contribution is 2.31. The van der Waals surface area contributed by atoms with Crippen LogP contribution in [0.25, 0.3) is 6.08 Å². The first-order valence-electron chi connectivity index (χ1n) is 7.83. The van der Waals surface area contributed by atoms with E-state index in [9.17, 15) is 13.6 Å².